The molecule has 0 unspecified atom stereocenters. The Kier molecular flexibility index (Phi) is 9.76. The van der Waals surface area contributed by atoms with Gasteiger partial charge in [0, 0.05) is 6.42 Å². The standard InChI is InChI=1S/C19H30N2O2/c1-2-3-4-5-6-7-8-9-10-15-18(22)21-17-14-12-11-13-16(17)19(20)23/h11-14H,2-10,15H2,1H3,(H2,20,23)(H,21,22). The number of nitrogens with two attached hydrogens (primary N) is 1. The van der Waals surface area contributed by atoms with Gasteiger partial charge in [-0.05, 0) is 18.6 Å². The first-order valence-corrected chi connectivity index (χ1v) is 8.83. The molecule has 0 heterocycles. The predicted octanol–water partition coefficient (Wildman–Crippen LogP) is 4.64. The fraction of sp³-hybridized carbons (Fsp3) is 0.579. The monoisotopic (exact) mass is 318 g/mol. The van der Waals surface area contributed by atoms with Gasteiger partial charge in [-0.25, -0.2) is 0 Å². The highest BCUT2D eigenvalue weighted by molar-refractivity contribution is 6.02. The summed E-state index contributed by atoms with van der Waals surface area (Å²) in [5.74, 6) is -0.578. The molecule has 0 saturated heterocycles. The molecule has 0 aromatic heterocycles. The van der Waals surface area contributed by atoms with Crippen molar-refractivity contribution in [2.45, 2.75) is 71.1 Å². The molecule has 23 heavy (non-hydrogen) atoms. The largest absolute Gasteiger partial charge is 0.366 e. The van der Waals surface area contributed by atoms with E-state index in [0.717, 1.165) is 12.8 Å². The van der Waals surface area contributed by atoms with Crippen molar-refractivity contribution in [3.63, 3.8) is 0 Å². The summed E-state index contributed by atoms with van der Waals surface area (Å²) in [6.45, 7) is 2.23. The predicted molar refractivity (Wildman–Crippen MR) is 95.4 cm³/mol. The number of para-hydroxylation sites is 1. The summed E-state index contributed by atoms with van der Waals surface area (Å²) >= 11 is 0. The van der Waals surface area contributed by atoms with E-state index in [1.165, 1.54) is 44.9 Å². The minimum atomic E-state index is -0.524. The maximum atomic E-state index is 11.9. The van der Waals surface area contributed by atoms with Crippen LogP contribution in [-0.4, -0.2) is 11.8 Å². The van der Waals surface area contributed by atoms with Crippen molar-refractivity contribution >= 4 is 17.5 Å². The van der Waals surface area contributed by atoms with Crippen molar-refractivity contribution in [3.05, 3.63) is 29.8 Å². The third-order valence-corrected chi connectivity index (χ3v) is 3.97. The number of carbonyl (C=O) groups is 2. The molecule has 0 radical (unpaired) electrons. The van der Waals surface area contributed by atoms with Gasteiger partial charge in [-0.2, -0.15) is 0 Å². The van der Waals surface area contributed by atoms with Gasteiger partial charge in [0.05, 0.1) is 11.3 Å². The van der Waals surface area contributed by atoms with E-state index in [1.54, 1.807) is 24.3 Å². The maximum absolute atomic E-state index is 11.9. The van der Waals surface area contributed by atoms with E-state index >= 15 is 0 Å². The van der Waals surface area contributed by atoms with E-state index in [1.807, 2.05) is 0 Å². The average Bonchev–Trinajstić information content (AvgIpc) is 2.53. The minimum absolute atomic E-state index is 0.0540. The molecule has 2 amide bonds. The van der Waals surface area contributed by atoms with Crippen LogP contribution in [-0.2, 0) is 4.79 Å². The van der Waals surface area contributed by atoms with Crippen LogP contribution in [0.5, 0.6) is 0 Å². The number of hydrogen-bond acceptors (Lipinski definition) is 2. The van der Waals surface area contributed by atoms with E-state index < -0.39 is 5.91 Å². The van der Waals surface area contributed by atoms with Crippen LogP contribution in [0.4, 0.5) is 5.69 Å². The van der Waals surface area contributed by atoms with Crippen molar-refractivity contribution < 1.29 is 9.59 Å². The van der Waals surface area contributed by atoms with Gasteiger partial charge in [-0.1, -0.05) is 70.4 Å². The molecule has 0 aliphatic carbocycles. The molecule has 1 aromatic rings. The van der Waals surface area contributed by atoms with Gasteiger partial charge >= 0.3 is 0 Å². The Bertz CT molecular complexity index is 486. The zero-order valence-electron chi connectivity index (χ0n) is 14.3. The van der Waals surface area contributed by atoms with Crippen LogP contribution in [0.15, 0.2) is 24.3 Å². The van der Waals surface area contributed by atoms with E-state index in [4.69, 9.17) is 5.73 Å². The zero-order valence-corrected chi connectivity index (χ0v) is 14.3. The lowest BCUT2D eigenvalue weighted by molar-refractivity contribution is -0.116. The quantitative estimate of drug-likeness (QED) is 0.551. The van der Waals surface area contributed by atoms with Crippen LogP contribution in [0.25, 0.3) is 0 Å². The number of rotatable bonds is 12. The van der Waals surface area contributed by atoms with Crippen LogP contribution < -0.4 is 11.1 Å². The van der Waals surface area contributed by atoms with Crippen LogP contribution in [0.1, 0.15) is 81.5 Å². The number of primary amides is 1. The van der Waals surface area contributed by atoms with Crippen molar-refractivity contribution in [2.75, 3.05) is 5.32 Å². The molecule has 128 valence electrons. The molecule has 4 nitrogen and oxygen atoms in total. The topological polar surface area (TPSA) is 72.2 Å². The lowest BCUT2D eigenvalue weighted by Crippen LogP contribution is -2.17. The molecule has 4 heteroatoms. The van der Waals surface area contributed by atoms with Gasteiger partial charge in [0.15, 0.2) is 0 Å². The molecular weight excluding hydrogens is 288 g/mol. The van der Waals surface area contributed by atoms with E-state index in [-0.39, 0.29) is 5.91 Å². The van der Waals surface area contributed by atoms with Gasteiger partial charge in [-0.15, -0.1) is 0 Å². The van der Waals surface area contributed by atoms with E-state index in [0.29, 0.717) is 17.7 Å². The van der Waals surface area contributed by atoms with Crippen LogP contribution in [0.2, 0.25) is 0 Å². The fourth-order valence-electron chi connectivity index (χ4n) is 2.62. The summed E-state index contributed by atoms with van der Waals surface area (Å²) in [5.41, 5.74) is 6.15. The number of carbonyl (C=O) groups excluding carboxylic acids is 2. The van der Waals surface area contributed by atoms with Gasteiger partial charge in [-0.3, -0.25) is 9.59 Å². The Hall–Kier alpha value is -1.84. The molecule has 0 atom stereocenters. The lowest BCUT2D eigenvalue weighted by atomic mass is 10.1. The number of nitrogens with one attached hydrogen (secondary N) is 1. The van der Waals surface area contributed by atoms with Crippen molar-refractivity contribution in [3.8, 4) is 0 Å². The first-order valence-electron chi connectivity index (χ1n) is 8.83. The number of benzene rings is 1. The summed E-state index contributed by atoms with van der Waals surface area (Å²) in [5, 5.41) is 2.78. The molecule has 0 aliphatic heterocycles. The average molecular weight is 318 g/mol. The Labute approximate surface area is 139 Å². The molecule has 0 spiro atoms. The highest BCUT2D eigenvalue weighted by atomic mass is 16.2. The molecule has 3 N–H and O–H groups in total. The Morgan fingerprint density at radius 3 is 2.09 bits per heavy atom. The van der Waals surface area contributed by atoms with Gasteiger partial charge < -0.3 is 11.1 Å². The second kappa shape index (κ2) is 11.7. The van der Waals surface area contributed by atoms with Gasteiger partial charge in [0.2, 0.25) is 5.91 Å². The SMILES string of the molecule is CCCCCCCCCCCC(=O)Nc1ccccc1C(N)=O. The molecule has 0 fully saturated rings. The highest BCUT2D eigenvalue weighted by Crippen LogP contribution is 2.15. The van der Waals surface area contributed by atoms with Crippen molar-refractivity contribution in [1.29, 1.82) is 0 Å². The Morgan fingerprint density at radius 1 is 0.913 bits per heavy atom. The molecule has 0 saturated carbocycles. The number of hydrogen-bond donors (Lipinski definition) is 2. The first kappa shape index (κ1) is 19.2. The van der Waals surface area contributed by atoms with Crippen molar-refractivity contribution in [2.24, 2.45) is 5.73 Å². The molecular formula is C19H30N2O2. The molecule has 0 bridgehead atoms. The van der Waals surface area contributed by atoms with Gasteiger partial charge in [0.25, 0.3) is 5.91 Å². The minimum Gasteiger partial charge on any atom is -0.366 e. The highest BCUT2D eigenvalue weighted by Gasteiger charge is 2.09. The smallest absolute Gasteiger partial charge is 0.250 e. The summed E-state index contributed by atoms with van der Waals surface area (Å²) in [7, 11) is 0. The second-order valence-corrected chi connectivity index (χ2v) is 6.04. The van der Waals surface area contributed by atoms with Crippen LogP contribution in [0.3, 0.4) is 0 Å². The van der Waals surface area contributed by atoms with Crippen molar-refractivity contribution in [1.82, 2.24) is 0 Å². The lowest BCUT2D eigenvalue weighted by Gasteiger charge is -2.08. The second-order valence-electron chi connectivity index (χ2n) is 6.04. The normalized spacial score (nSPS) is 10.5. The zero-order chi connectivity index (χ0) is 16.9. The third-order valence-electron chi connectivity index (χ3n) is 3.97. The van der Waals surface area contributed by atoms with Crippen LogP contribution >= 0.6 is 0 Å². The number of amides is 2. The van der Waals surface area contributed by atoms with E-state index in [2.05, 4.69) is 12.2 Å². The summed E-state index contributed by atoms with van der Waals surface area (Å²) in [4.78, 5) is 23.2. The maximum Gasteiger partial charge on any atom is 0.250 e. The van der Waals surface area contributed by atoms with E-state index in [9.17, 15) is 9.59 Å². The molecule has 1 aromatic carbocycles. The Balaban J connectivity index is 2.15. The van der Waals surface area contributed by atoms with Gasteiger partial charge in [0.1, 0.15) is 0 Å². The first-order chi connectivity index (χ1) is 11.1. The number of anilines is 1. The molecule has 0 aliphatic rings. The summed E-state index contributed by atoms with van der Waals surface area (Å²) in [6.07, 6.45) is 11.5. The number of unbranched alkanes of at least 4 members (excludes halogenated alkanes) is 8. The van der Waals surface area contributed by atoms with Crippen LogP contribution in [0, 0.1) is 0 Å². The third kappa shape index (κ3) is 8.38. The molecule has 1 rings (SSSR count). The summed E-state index contributed by atoms with van der Waals surface area (Å²) in [6, 6.07) is 6.83. The fourth-order valence-corrected chi connectivity index (χ4v) is 2.62. The summed E-state index contributed by atoms with van der Waals surface area (Å²) < 4.78 is 0. The Morgan fingerprint density at radius 2 is 1.48 bits per heavy atom.